The summed E-state index contributed by atoms with van der Waals surface area (Å²) in [5, 5.41) is 3.14. The van der Waals surface area contributed by atoms with Crippen LogP contribution in [0.25, 0.3) is 0 Å². The number of fused-ring (bicyclic) bond motifs is 1. The SMILES string of the molecule is CC(C)(C)c1ccc(S(=O)(=O)N2CCc3nc(NC(=O)c4cnccn4)sc3C2)cc1. The van der Waals surface area contributed by atoms with Crippen molar-refractivity contribution in [1.29, 1.82) is 0 Å². The van der Waals surface area contributed by atoms with E-state index < -0.39 is 15.9 Å². The summed E-state index contributed by atoms with van der Waals surface area (Å²) in [6.07, 6.45) is 4.80. The van der Waals surface area contributed by atoms with Gasteiger partial charge in [0.05, 0.1) is 23.3 Å². The maximum atomic E-state index is 13.2. The van der Waals surface area contributed by atoms with Crippen LogP contribution in [0.15, 0.2) is 47.8 Å². The van der Waals surface area contributed by atoms with Gasteiger partial charge in [0.2, 0.25) is 10.0 Å². The number of hydrogen-bond acceptors (Lipinski definition) is 7. The number of aromatic nitrogens is 3. The van der Waals surface area contributed by atoms with Crippen molar-refractivity contribution in [2.75, 3.05) is 11.9 Å². The summed E-state index contributed by atoms with van der Waals surface area (Å²) in [5.74, 6) is -0.400. The Labute approximate surface area is 185 Å². The first-order valence-electron chi connectivity index (χ1n) is 9.81. The Bertz CT molecular complexity index is 1200. The molecule has 0 atom stereocenters. The van der Waals surface area contributed by atoms with Gasteiger partial charge in [-0.2, -0.15) is 4.31 Å². The zero-order chi connectivity index (χ0) is 22.2. The standard InChI is InChI=1S/C21H23N5O3S2/c1-21(2,3)14-4-6-15(7-5-14)31(28,29)26-11-8-16-18(13-26)30-20(24-16)25-19(27)17-12-22-9-10-23-17/h4-7,9-10,12H,8,11,13H2,1-3H3,(H,24,25,27). The predicted octanol–water partition coefficient (Wildman–Crippen LogP) is 3.23. The van der Waals surface area contributed by atoms with Crippen LogP contribution in [0.3, 0.4) is 0 Å². The largest absolute Gasteiger partial charge is 0.296 e. The van der Waals surface area contributed by atoms with E-state index in [9.17, 15) is 13.2 Å². The third kappa shape index (κ3) is 4.51. The summed E-state index contributed by atoms with van der Waals surface area (Å²) in [6.45, 7) is 6.85. The Morgan fingerprint density at radius 1 is 1.16 bits per heavy atom. The van der Waals surface area contributed by atoms with Crippen molar-refractivity contribution in [3.05, 3.63) is 64.7 Å². The molecule has 0 fully saturated rings. The van der Waals surface area contributed by atoms with Crippen molar-refractivity contribution in [2.24, 2.45) is 0 Å². The Balaban J connectivity index is 1.50. The Morgan fingerprint density at radius 2 is 1.90 bits per heavy atom. The normalized spacial score (nSPS) is 14.8. The molecule has 0 unspecified atom stereocenters. The summed E-state index contributed by atoms with van der Waals surface area (Å²) in [7, 11) is -3.62. The molecule has 31 heavy (non-hydrogen) atoms. The van der Waals surface area contributed by atoms with E-state index in [2.05, 4.69) is 41.0 Å². The minimum atomic E-state index is -3.62. The van der Waals surface area contributed by atoms with Gasteiger partial charge in [0, 0.05) is 30.2 Å². The Morgan fingerprint density at radius 3 is 2.55 bits per heavy atom. The monoisotopic (exact) mass is 457 g/mol. The van der Waals surface area contributed by atoms with Crippen molar-refractivity contribution in [3.63, 3.8) is 0 Å². The lowest BCUT2D eigenvalue weighted by molar-refractivity contribution is 0.102. The molecular formula is C21H23N5O3S2. The molecule has 0 radical (unpaired) electrons. The zero-order valence-electron chi connectivity index (χ0n) is 17.5. The number of carbonyl (C=O) groups is 1. The lowest BCUT2D eigenvalue weighted by atomic mass is 9.87. The van der Waals surface area contributed by atoms with Gasteiger partial charge in [0.1, 0.15) is 5.69 Å². The fourth-order valence-electron chi connectivity index (χ4n) is 3.28. The number of thiazole rings is 1. The summed E-state index contributed by atoms with van der Waals surface area (Å²) in [5.41, 5.74) is 2.04. The minimum Gasteiger partial charge on any atom is -0.296 e. The van der Waals surface area contributed by atoms with E-state index in [1.165, 1.54) is 34.2 Å². The molecule has 1 aliphatic rings. The number of benzene rings is 1. The van der Waals surface area contributed by atoms with E-state index in [0.29, 0.717) is 18.1 Å². The van der Waals surface area contributed by atoms with E-state index in [1.807, 2.05) is 12.1 Å². The average molecular weight is 458 g/mol. The van der Waals surface area contributed by atoms with Crippen LogP contribution >= 0.6 is 11.3 Å². The Kier molecular flexibility index (Phi) is 5.63. The second-order valence-corrected chi connectivity index (χ2v) is 11.3. The van der Waals surface area contributed by atoms with Gasteiger partial charge in [-0.05, 0) is 23.1 Å². The molecule has 3 aromatic rings. The molecular weight excluding hydrogens is 434 g/mol. The highest BCUT2D eigenvalue weighted by Crippen LogP contribution is 2.32. The molecule has 2 aromatic heterocycles. The first-order valence-corrected chi connectivity index (χ1v) is 12.1. The highest BCUT2D eigenvalue weighted by molar-refractivity contribution is 7.89. The summed E-state index contributed by atoms with van der Waals surface area (Å²) >= 11 is 1.28. The van der Waals surface area contributed by atoms with Crippen LogP contribution in [-0.4, -0.2) is 40.1 Å². The smallest absolute Gasteiger partial charge is 0.277 e. The molecule has 0 saturated heterocycles. The van der Waals surface area contributed by atoms with Crippen molar-refractivity contribution in [3.8, 4) is 0 Å². The number of anilines is 1. The van der Waals surface area contributed by atoms with Crippen LogP contribution in [0.4, 0.5) is 5.13 Å². The van der Waals surface area contributed by atoms with Crippen molar-refractivity contribution in [2.45, 2.75) is 44.0 Å². The van der Waals surface area contributed by atoms with Crippen LogP contribution in [0.1, 0.15) is 47.4 Å². The van der Waals surface area contributed by atoms with Gasteiger partial charge in [0.15, 0.2) is 5.13 Å². The van der Waals surface area contributed by atoms with E-state index >= 15 is 0 Å². The van der Waals surface area contributed by atoms with Crippen LogP contribution < -0.4 is 5.32 Å². The number of hydrogen-bond donors (Lipinski definition) is 1. The fraction of sp³-hybridized carbons (Fsp3) is 0.333. The average Bonchev–Trinajstić information content (AvgIpc) is 3.15. The fourth-order valence-corrected chi connectivity index (χ4v) is 5.79. The van der Waals surface area contributed by atoms with Gasteiger partial charge < -0.3 is 0 Å². The first kappa shape index (κ1) is 21.5. The predicted molar refractivity (Wildman–Crippen MR) is 119 cm³/mol. The van der Waals surface area contributed by atoms with Gasteiger partial charge in [-0.25, -0.2) is 18.4 Å². The molecule has 10 heteroatoms. The van der Waals surface area contributed by atoms with Gasteiger partial charge in [-0.3, -0.25) is 15.1 Å². The van der Waals surface area contributed by atoms with E-state index in [0.717, 1.165) is 16.1 Å². The van der Waals surface area contributed by atoms with E-state index in [-0.39, 0.29) is 22.5 Å². The molecule has 4 rings (SSSR count). The molecule has 0 bridgehead atoms. The van der Waals surface area contributed by atoms with Crippen molar-refractivity contribution in [1.82, 2.24) is 19.3 Å². The van der Waals surface area contributed by atoms with Crippen LogP contribution in [0.5, 0.6) is 0 Å². The molecule has 0 spiro atoms. The van der Waals surface area contributed by atoms with E-state index in [4.69, 9.17) is 0 Å². The molecule has 1 N–H and O–H groups in total. The van der Waals surface area contributed by atoms with E-state index in [1.54, 1.807) is 12.1 Å². The van der Waals surface area contributed by atoms with Crippen LogP contribution in [0.2, 0.25) is 0 Å². The molecule has 1 amide bonds. The Hall–Kier alpha value is -2.69. The quantitative estimate of drug-likeness (QED) is 0.645. The highest BCUT2D eigenvalue weighted by atomic mass is 32.2. The summed E-state index contributed by atoms with van der Waals surface area (Å²) < 4.78 is 27.8. The highest BCUT2D eigenvalue weighted by Gasteiger charge is 2.31. The van der Waals surface area contributed by atoms with Crippen LogP contribution in [0, 0.1) is 0 Å². The molecule has 0 aliphatic carbocycles. The maximum Gasteiger partial charge on any atom is 0.277 e. The van der Waals surface area contributed by atoms with Crippen molar-refractivity contribution < 1.29 is 13.2 Å². The second kappa shape index (κ2) is 8.10. The number of rotatable bonds is 4. The number of nitrogens with one attached hydrogen (secondary N) is 1. The molecule has 8 nitrogen and oxygen atoms in total. The molecule has 1 aliphatic heterocycles. The van der Waals surface area contributed by atoms with Crippen molar-refractivity contribution >= 4 is 32.4 Å². The third-order valence-electron chi connectivity index (χ3n) is 5.07. The number of nitrogens with zero attached hydrogens (tertiary/aromatic N) is 4. The first-order chi connectivity index (χ1) is 14.6. The maximum absolute atomic E-state index is 13.2. The summed E-state index contributed by atoms with van der Waals surface area (Å²) in [4.78, 5) is 25.7. The number of sulfonamides is 1. The lowest BCUT2D eigenvalue weighted by Crippen LogP contribution is -2.35. The number of carbonyl (C=O) groups excluding carboxylic acids is 1. The minimum absolute atomic E-state index is 0.0445. The molecule has 1 aromatic carbocycles. The van der Waals surface area contributed by atoms with Crippen LogP contribution in [-0.2, 0) is 28.4 Å². The second-order valence-electron chi connectivity index (χ2n) is 8.30. The topological polar surface area (TPSA) is 105 Å². The molecule has 162 valence electrons. The lowest BCUT2D eigenvalue weighted by Gasteiger charge is -2.26. The van der Waals surface area contributed by atoms with Gasteiger partial charge in [-0.15, -0.1) is 11.3 Å². The zero-order valence-corrected chi connectivity index (χ0v) is 19.1. The third-order valence-corrected chi connectivity index (χ3v) is 7.93. The van der Waals surface area contributed by atoms with Gasteiger partial charge in [0.25, 0.3) is 5.91 Å². The summed E-state index contributed by atoms with van der Waals surface area (Å²) in [6, 6.07) is 7.08. The van der Waals surface area contributed by atoms with Gasteiger partial charge in [-0.1, -0.05) is 32.9 Å². The van der Waals surface area contributed by atoms with Gasteiger partial charge >= 0.3 is 0 Å². The molecule has 0 saturated carbocycles. The number of amides is 1. The molecule has 3 heterocycles.